The summed E-state index contributed by atoms with van der Waals surface area (Å²) < 4.78 is 1.09. The first-order valence-corrected chi connectivity index (χ1v) is 4.32. The minimum atomic E-state index is 0.663. The molecule has 0 aliphatic carbocycles. The van der Waals surface area contributed by atoms with Crippen LogP contribution in [0, 0.1) is 0 Å². The maximum absolute atomic E-state index is 5.33. The molecule has 1 rings (SSSR count). The van der Waals surface area contributed by atoms with E-state index in [1.807, 2.05) is 24.3 Å². The molecule has 0 radical (unpaired) electrons. The average molecular weight is 215 g/mol. The van der Waals surface area contributed by atoms with Gasteiger partial charge in [-0.05, 0) is 24.3 Å². The molecule has 0 saturated carbocycles. The Morgan fingerprint density at radius 3 is 2.45 bits per heavy atom. The largest absolute Gasteiger partial charge is 0.384 e. The smallest absolute Gasteiger partial charge is 0.0341 e. The number of hydrogen-bond acceptors (Lipinski definition) is 2. The van der Waals surface area contributed by atoms with E-state index in [-0.39, 0.29) is 0 Å². The molecule has 1 aromatic rings. The lowest BCUT2D eigenvalue weighted by Gasteiger charge is -2.03. The molecule has 0 aromatic heterocycles. The van der Waals surface area contributed by atoms with Crippen molar-refractivity contribution in [2.45, 2.75) is 0 Å². The molecule has 60 valence electrons. The first kappa shape index (κ1) is 8.56. The van der Waals surface area contributed by atoms with Gasteiger partial charge in [-0.1, -0.05) is 15.9 Å². The summed E-state index contributed by atoms with van der Waals surface area (Å²) in [6.07, 6.45) is 0. The zero-order valence-electron chi connectivity index (χ0n) is 6.18. The standard InChI is InChI=1S/C8H11BrN2/c9-7-1-3-8(4-2-7)11-6-5-10/h1-4,11H,5-6,10H2. The van der Waals surface area contributed by atoms with E-state index in [1.54, 1.807) is 0 Å². The molecule has 0 amide bonds. The van der Waals surface area contributed by atoms with Crippen molar-refractivity contribution < 1.29 is 0 Å². The molecule has 0 unspecified atom stereocenters. The molecule has 0 aliphatic rings. The fraction of sp³-hybridized carbons (Fsp3) is 0.250. The Morgan fingerprint density at radius 1 is 1.27 bits per heavy atom. The lowest BCUT2D eigenvalue weighted by molar-refractivity contribution is 1.02. The van der Waals surface area contributed by atoms with E-state index in [2.05, 4.69) is 21.2 Å². The Labute approximate surface area is 74.9 Å². The summed E-state index contributed by atoms with van der Waals surface area (Å²) in [5, 5.41) is 3.18. The van der Waals surface area contributed by atoms with Gasteiger partial charge in [-0.2, -0.15) is 0 Å². The van der Waals surface area contributed by atoms with Crippen LogP contribution in [-0.4, -0.2) is 13.1 Å². The number of hydrogen-bond donors (Lipinski definition) is 2. The van der Waals surface area contributed by atoms with Gasteiger partial charge in [-0.3, -0.25) is 0 Å². The van der Waals surface area contributed by atoms with Crippen LogP contribution in [0.5, 0.6) is 0 Å². The van der Waals surface area contributed by atoms with E-state index >= 15 is 0 Å². The van der Waals surface area contributed by atoms with Gasteiger partial charge < -0.3 is 11.1 Å². The number of rotatable bonds is 3. The van der Waals surface area contributed by atoms with E-state index in [0.29, 0.717) is 6.54 Å². The molecule has 1 aromatic carbocycles. The SMILES string of the molecule is NCCNc1ccc(Br)cc1. The highest BCUT2D eigenvalue weighted by atomic mass is 79.9. The summed E-state index contributed by atoms with van der Waals surface area (Å²) in [5.74, 6) is 0. The number of nitrogens with one attached hydrogen (secondary N) is 1. The Balaban J connectivity index is 2.52. The highest BCUT2D eigenvalue weighted by molar-refractivity contribution is 9.10. The molecule has 0 atom stereocenters. The van der Waals surface area contributed by atoms with Crippen LogP contribution in [0.1, 0.15) is 0 Å². The second-order valence-corrected chi connectivity index (χ2v) is 3.14. The molecular formula is C8H11BrN2. The second kappa shape index (κ2) is 4.36. The normalized spacial score (nSPS) is 9.64. The van der Waals surface area contributed by atoms with Crippen molar-refractivity contribution in [1.29, 1.82) is 0 Å². The summed E-state index contributed by atoms with van der Waals surface area (Å²) >= 11 is 3.36. The van der Waals surface area contributed by atoms with Crippen LogP contribution in [0.2, 0.25) is 0 Å². The van der Waals surface area contributed by atoms with Crippen LogP contribution in [0.25, 0.3) is 0 Å². The second-order valence-electron chi connectivity index (χ2n) is 2.22. The lowest BCUT2D eigenvalue weighted by Crippen LogP contribution is -2.12. The van der Waals surface area contributed by atoms with Crippen molar-refractivity contribution >= 4 is 21.6 Å². The van der Waals surface area contributed by atoms with Gasteiger partial charge >= 0.3 is 0 Å². The van der Waals surface area contributed by atoms with Crippen molar-refractivity contribution in [2.24, 2.45) is 5.73 Å². The average Bonchev–Trinajstić information content (AvgIpc) is 2.04. The number of anilines is 1. The van der Waals surface area contributed by atoms with E-state index < -0.39 is 0 Å². The topological polar surface area (TPSA) is 38.0 Å². The van der Waals surface area contributed by atoms with Crippen LogP contribution in [-0.2, 0) is 0 Å². The lowest BCUT2D eigenvalue weighted by atomic mass is 10.3. The van der Waals surface area contributed by atoms with Crippen LogP contribution >= 0.6 is 15.9 Å². The summed E-state index contributed by atoms with van der Waals surface area (Å²) in [5.41, 5.74) is 6.44. The Morgan fingerprint density at radius 2 is 1.91 bits per heavy atom. The first-order valence-electron chi connectivity index (χ1n) is 3.52. The van der Waals surface area contributed by atoms with Gasteiger partial charge in [-0.15, -0.1) is 0 Å². The quantitative estimate of drug-likeness (QED) is 0.806. The molecule has 11 heavy (non-hydrogen) atoms. The summed E-state index contributed by atoms with van der Waals surface area (Å²) in [7, 11) is 0. The molecule has 0 spiro atoms. The molecule has 0 aliphatic heterocycles. The van der Waals surface area contributed by atoms with Gasteiger partial charge in [0.25, 0.3) is 0 Å². The third kappa shape index (κ3) is 2.91. The number of halogens is 1. The highest BCUT2D eigenvalue weighted by Gasteiger charge is 1.88. The summed E-state index contributed by atoms with van der Waals surface area (Å²) in [4.78, 5) is 0. The van der Waals surface area contributed by atoms with Gasteiger partial charge in [0.05, 0.1) is 0 Å². The predicted octanol–water partition coefficient (Wildman–Crippen LogP) is 1.82. The maximum Gasteiger partial charge on any atom is 0.0341 e. The summed E-state index contributed by atoms with van der Waals surface area (Å²) in [6.45, 7) is 1.48. The molecule has 3 N–H and O–H groups in total. The number of nitrogens with two attached hydrogens (primary N) is 1. The van der Waals surface area contributed by atoms with Crippen molar-refractivity contribution in [2.75, 3.05) is 18.4 Å². The molecule has 0 fully saturated rings. The number of benzene rings is 1. The maximum atomic E-state index is 5.33. The third-order valence-corrected chi connectivity index (χ3v) is 1.85. The van der Waals surface area contributed by atoms with Gasteiger partial charge in [0.2, 0.25) is 0 Å². The Kier molecular flexibility index (Phi) is 3.39. The van der Waals surface area contributed by atoms with Crippen molar-refractivity contribution in [3.8, 4) is 0 Å². The van der Waals surface area contributed by atoms with Gasteiger partial charge in [0.15, 0.2) is 0 Å². The molecule has 0 saturated heterocycles. The van der Waals surface area contributed by atoms with E-state index in [4.69, 9.17) is 5.73 Å². The van der Waals surface area contributed by atoms with Gasteiger partial charge in [0, 0.05) is 23.2 Å². The molecule has 0 heterocycles. The fourth-order valence-corrected chi connectivity index (χ4v) is 1.05. The van der Waals surface area contributed by atoms with Crippen molar-refractivity contribution in [3.05, 3.63) is 28.7 Å². The predicted molar refractivity (Wildman–Crippen MR) is 51.7 cm³/mol. The van der Waals surface area contributed by atoms with Crippen molar-refractivity contribution in [3.63, 3.8) is 0 Å². The van der Waals surface area contributed by atoms with Crippen LogP contribution in [0.4, 0.5) is 5.69 Å². The highest BCUT2D eigenvalue weighted by Crippen LogP contribution is 2.13. The van der Waals surface area contributed by atoms with E-state index in [0.717, 1.165) is 16.7 Å². The Hall–Kier alpha value is -0.540. The summed E-state index contributed by atoms with van der Waals surface area (Å²) in [6, 6.07) is 8.02. The molecule has 3 heteroatoms. The minimum absolute atomic E-state index is 0.663. The van der Waals surface area contributed by atoms with Crippen LogP contribution in [0.15, 0.2) is 28.7 Å². The van der Waals surface area contributed by atoms with Gasteiger partial charge in [-0.25, -0.2) is 0 Å². The third-order valence-electron chi connectivity index (χ3n) is 1.32. The van der Waals surface area contributed by atoms with Crippen molar-refractivity contribution in [1.82, 2.24) is 0 Å². The van der Waals surface area contributed by atoms with Crippen LogP contribution < -0.4 is 11.1 Å². The Bertz CT molecular complexity index is 208. The fourth-order valence-electron chi connectivity index (χ4n) is 0.784. The molecular weight excluding hydrogens is 204 g/mol. The van der Waals surface area contributed by atoms with E-state index in [9.17, 15) is 0 Å². The first-order chi connectivity index (χ1) is 5.33. The van der Waals surface area contributed by atoms with Gasteiger partial charge in [0.1, 0.15) is 0 Å². The van der Waals surface area contributed by atoms with Crippen LogP contribution in [0.3, 0.4) is 0 Å². The molecule has 2 nitrogen and oxygen atoms in total. The zero-order chi connectivity index (χ0) is 8.10. The van der Waals surface area contributed by atoms with E-state index in [1.165, 1.54) is 0 Å². The molecule has 0 bridgehead atoms. The zero-order valence-corrected chi connectivity index (χ0v) is 7.76. The monoisotopic (exact) mass is 214 g/mol. The minimum Gasteiger partial charge on any atom is -0.384 e.